The minimum atomic E-state index is -0.544. The van der Waals surface area contributed by atoms with Gasteiger partial charge in [-0.25, -0.2) is 8.78 Å². The van der Waals surface area contributed by atoms with Crippen molar-refractivity contribution < 1.29 is 8.78 Å². The number of benzene rings is 1. The number of thiophene rings is 1. The normalized spacial score (nSPS) is 14.5. The second kappa shape index (κ2) is 6.46. The van der Waals surface area contributed by atoms with Crippen LogP contribution in [0.15, 0.2) is 35.7 Å². The molecule has 0 saturated heterocycles. The van der Waals surface area contributed by atoms with Gasteiger partial charge in [-0.15, -0.1) is 11.3 Å². The quantitative estimate of drug-likeness (QED) is 0.811. The van der Waals surface area contributed by atoms with Crippen LogP contribution in [0.25, 0.3) is 0 Å². The summed E-state index contributed by atoms with van der Waals surface area (Å²) in [7, 11) is 0. The predicted molar refractivity (Wildman–Crippen MR) is 79.8 cm³/mol. The van der Waals surface area contributed by atoms with Crippen LogP contribution in [-0.4, -0.2) is 0 Å². The average molecular weight is 295 g/mol. The van der Waals surface area contributed by atoms with Crippen LogP contribution in [0.4, 0.5) is 8.78 Å². The summed E-state index contributed by atoms with van der Waals surface area (Å²) in [5.74, 6) is -0.657. The number of halogens is 2. The molecule has 1 aromatic carbocycles. The number of nitrogens with one attached hydrogen (secondary N) is 1. The molecule has 0 fully saturated rings. The highest BCUT2D eigenvalue weighted by atomic mass is 32.1. The first-order valence-corrected chi connectivity index (χ1v) is 7.61. The van der Waals surface area contributed by atoms with Gasteiger partial charge >= 0.3 is 0 Å². The maximum atomic E-state index is 13.8. The molecule has 2 aromatic rings. The number of hydrogen-bond donors (Lipinski definition) is 1. The van der Waals surface area contributed by atoms with E-state index in [4.69, 9.17) is 0 Å². The molecule has 2 unspecified atom stereocenters. The number of rotatable bonds is 5. The highest BCUT2D eigenvalue weighted by Crippen LogP contribution is 2.29. The third-order valence-electron chi connectivity index (χ3n) is 3.37. The Hall–Kier alpha value is -1.26. The molecule has 1 heterocycles. The van der Waals surface area contributed by atoms with Gasteiger partial charge in [-0.05, 0) is 30.4 Å². The molecule has 0 spiro atoms. The first-order chi connectivity index (χ1) is 9.49. The minimum Gasteiger partial charge on any atom is -0.302 e. The fraction of sp³-hybridized carbons (Fsp3) is 0.375. The van der Waals surface area contributed by atoms with Crippen molar-refractivity contribution in [3.8, 4) is 0 Å². The van der Waals surface area contributed by atoms with Crippen molar-refractivity contribution in [1.29, 1.82) is 0 Å². The molecule has 108 valence electrons. The SMILES string of the molecule is CC(NC(c1cccs1)C(C)C)c1ccc(F)cc1F. The topological polar surface area (TPSA) is 12.0 Å². The molecule has 4 heteroatoms. The van der Waals surface area contributed by atoms with Gasteiger partial charge in [0.2, 0.25) is 0 Å². The van der Waals surface area contributed by atoms with Crippen molar-refractivity contribution in [2.24, 2.45) is 5.92 Å². The average Bonchev–Trinajstić information content (AvgIpc) is 2.88. The van der Waals surface area contributed by atoms with Crippen LogP contribution < -0.4 is 5.32 Å². The Morgan fingerprint density at radius 2 is 1.85 bits per heavy atom. The molecule has 0 aliphatic heterocycles. The van der Waals surface area contributed by atoms with E-state index in [-0.39, 0.29) is 12.1 Å². The van der Waals surface area contributed by atoms with Crippen LogP contribution in [-0.2, 0) is 0 Å². The monoisotopic (exact) mass is 295 g/mol. The molecule has 2 atom stereocenters. The van der Waals surface area contributed by atoms with Crippen LogP contribution in [0.1, 0.15) is 43.3 Å². The zero-order chi connectivity index (χ0) is 14.7. The smallest absolute Gasteiger partial charge is 0.130 e. The standard InChI is InChI=1S/C16H19F2NS/c1-10(2)16(15-5-4-8-20-15)19-11(3)13-7-6-12(17)9-14(13)18/h4-11,16,19H,1-3H3. The fourth-order valence-electron chi connectivity index (χ4n) is 2.28. The first-order valence-electron chi connectivity index (χ1n) is 6.73. The van der Waals surface area contributed by atoms with Crippen LogP contribution in [0, 0.1) is 17.6 Å². The zero-order valence-electron chi connectivity index (χ0n) is 11.9. The lowest BCUT2D eigenvalue weighted by molar-refractivity contribution is 0.373. The Bertz CT molecular complexity index is 552. The summed E-state index contributed by atoms with van der Waals surface area (Å²) in [6, 6.07) is 7.82. The van der Waals surface area contributed by atoms with Gasteiger partial charge in [0.1, 0.15) is 11.6 Å². The van der Waals surface area contributed by atoms with E-state index in [2.05, 4.69) is 25.2 Å². The highest BCUT2D eigenvalue weighted by molar-refractivity contribution is 7.10. The van der Waals surface area contributed by atoms with Gasteiger partial charge in [0.15, 0.2) is 0 Å². The molecule has 1 nitrogen and oxygen atoms in total. The largest absolute Gasteiger partial charge is 0.302 e. The molecular weight excluding hydrogens is 276 g/mol. The molecule has 2 rings (SSSR count). The Morgan fingerprint density at radius 1 is 1.10 bits per heavy atom. The summed E-state index contributed by atoms with van der Waals surface area (Å²) in [5.41, 5.74) is 0.494. The summed E-state index contributed by atoms with van der Waals surface area (Å²) in [6.07, 6.45) is 0. The van der Waals surface area contributed by atoms with E-state index in [1.165, 1.54) is 17.0 Å². The lowest BCUT2D eigenvalue weighted by Gasteiger charge is -2.26. The van der Waals surface area contributed by atoms with Crippen molar-refractivity contribution in [3.05, 3.63) is 57.8 Å². The van der Waals surface area contributed by atoms with E-state index in [1.54, 1.807) is 11.3 Å². The van der Waals surface area contributed by atoms with Gasteiger partial charge in [-0.1, -0.05) is 26.0 Å². The van der Waals surface area contributed by atoms with Crippen LogP contribution in [0.2, 0.25) is 0 Å². The van der Waals surface area contributed by atoms with Gasteiger partial charge in [-0.2, -0.15) is 0 Å². The molecule has 0 radical (unpaired) electrons. The predicted octanol–water partition coefficient (Wildman–Crippen LogP) is 5.07. The maximum Gasteiger partial charge on any atom is 0.130 e. The fourth-order valence-corrected chi connectivity index (χ4v) is 3.24. The van der Waals surface area contributed by atoms with E-state index in [0.717, 1.165) is 6.07 Å². The Labute approximate surface area is 122 Å². The Morgan fingerprint density at radius 3 is 2.40 bits per heavy atom. The van der Waals surface area contributed by atoms with Crippen molar-refractivity contribution in [3.63, 3.8) is 0 Å². The molecule has 0 saturated carbocycles. The summed E-state index contributed by atoms with van der Waals surface area (Å²) < 4.78 is 26.8. The molecule has 20 heavy (non-hydrogen) atoms. The lowest BCUT2D eigenvalue weighted by atomic mass is 9.99. The van der Waals surface area contributed by atoms with Crippen LogP contribution in [0.3, 0.4) is 0 Å². The molecular formula is C16H19F2NS. The second-order valence-electron chi connectivity index (χ2n) is 5.29. The summed E-state index contributed by atoms with van der Waals surface area (Å²) in [4.78, 5) is 1.23. The van der Waals surface area contributed by atoms with E-state index in [0.29, 0.717) is 11.5 Å². The Balaban J connectivity index is 2.18. The van der Waals surface area contributed by atoms with Gasteiger partial charge < -0.3 is 5.32 Å². The second-order valence-corrected chi connectivity index (χ2v) is 6.27. The summed E-state index contributed by atoms with van der Waals surface area (Å²) in [5, 5.41) is 5.48. The van der Waals surface area contributed by atoms with Crippen molar-refractivity contribution in [1.82, 2.24) is 5.32 Å². The van der Waals surface area contributed by atoms with Crippen LogP contribution in [0.5, 0.6) is 0 Å². The van der Waals surface area contributed by atoms with Crippen molar-refractivity contribution >= 4 is 11.3 Å². The van der Waals surface area contributed by atoms with Gasteiger partial charge in [-0.3, -0.25) is 0 Å². The number of hydrogen-bond acceptors (Lipinski definition) is 2. The van der Waals surface area contributed by atoms with Crippen molar-refractivity contribution in [2.75, 3.05) is 0 Å². The molecule has 1 N–H and O–H groups in total. The van der Waals surface area contributed by atoms with Gasteiger partial charge in [0.25, 0.3) is 0 Å². The molecule has 0 aliphatic rings. The van der Waals surface area contributed by atoms with Crippen LogP contribution >= 0.6 is 11.3 Å². The molecule has 0 aliphatic carbocycles. The third-order valence-corrected chi connectivity index (χ3v) is 4.33. The highest BCUT2D eigenvalue weighted by Gasteiger charge is 2.21. The van der Waals surface area contributed by atoms with E-state index < -0.39 is 11.6 Å². The first kappa shape index (κ1) is 15.1. The van der Waals surface area contributed by atoms with E-state index in [9.17, 15) is 8.78 Å². The van der Waals surface area contributed by atoms with E-state index >= 15 is 0 Å². The maximum absolute atomic E-state index is 13.8. The minimum absolute atomic E-state index is 0.162. The summed E-state index contributed by atoms with van der Waals surface area (Å²) >= 11 is 1.69. The summed E-state index contributed by atoms with van der Waals surface area (Å²) in [6.45, 7) is 6.16. The van der Waals surface area contributed by atoms with Crippen molar-refractivity contribution in [2.45, 2.75) is 32.9 Å². The molecule has 0 amide bonds. The molecule has 1 aromatic heterocycles. The zero-order valence-corrected chi connectivity index (χ0v) is 12.7. The third kappa shape index (κ3) is 3.44. The van der Waals surface area contributed by atoms with Gasteiger partial charge in [0, 0.05) is 28.6 Å². The Kier molecular flexibility index (Phi) is 4.89. The van der Waals surface area contributed by atoms with E-state index in [1.807, 2.05) is 18.4 Å². The van der Waals surface area contributed by atoms with Gasteiger partial charge in [0.05, 0.1) is 0 Å². The lowest BCUT2D eigenvalue weighted by Crippen LogP contribution is -2.28. The molecule has 0 bridgehead atoms.